The minimum absolute atomic E-state index is 0.333. The van der Waals surface area contributed by atoms with Gasteiger partial charge < -0.3 is 10.9 Å². The molecule has 15 heavy (non-hydrogen) atoms. The average molecular weight is 231 g/mol. The van der Waals surface area contributed by atoms with E-state index in [9.17, 15) is 0 Å². The van der Waals surface area contributed by atoms with Gasteiger partial charge in [-0.05, 0) is 25.6 Å². The SMILES string of the molecule is CCC(C/C(N)=N/O)N(C)C1CCSC1. The number of thioether (sulfide) groups is 1. The van der Waals surface area contributed by atoms with Crippen LogP contribution in [0.5, 0.6) is 0 Å². The van der Waals surface area contributed by atoms with E-state index >= 15 is 0 Å². The fourth-order valence-corrected chi connectivity index (χ4v) is 3.28. The van der Waals surface area contributed by atoms with E-state index in [-0.39, 0.29) is 0 Å². The Morgan fingerprint density at radius 1 is 1.73 bits per heavy atom. The van der Waals surface area contributed by atoms with Gasteiger partial charge in [0.1, 0.15) is 5.84 Å². The van der Waals surface area contributed by atoms with E-state index in [1.165, 1.54) is 17.9 Å². The molecule has 5 heteroatoms. The summed E-state index contributed by atoms with van der Waals surface area (Å²) in [5.74, 6) is 2.80. The van der Waals surface area contributed by atoms with Crippen LogP contribution in [-0.2, 0) is 0 Å². The van der Waals surface area contributed by atoms with Gasteiger partial charge in [-0.2, -0.15) is 11.8 Å². The van der Waals surface area contributed by atoms with Crippen molar-refractivity contribution in [3.8, 4) is 0 Å². The maximum absolute atomic E-state index is 8.57. The lowest BCUT2D eigenvalue weighted by Crippen LogP contribution is -2.42. The molecule has 3 N–H and O–H groups in total. The second kappa shape index (κ2) is 6.23. The summed E-state index contributed by atoms with van der Waals surface area (Å²) < 4.78 is 0. The van der Waals surface area contributed by atoms with Gasteiger partial charge in [0.25, 0.3) is 0 Å². The molecule has 1 aliphatic rings. The summed E-state index contributed by atoms with van der Waals surface area (Å²) in [4.78, 5) is 2.39. The first kappa shape index (κ1) is 12.6. The van der Waals surface area contributed by atoms with Crippen LogP contribution in [0.1, 0.15) is 26.2 Å². The predicted molar refractivity (Wildman–Crippen MR) is 65.6 cm³/mol. The molecular formula is C10H21N3OS. The minimum atomic E-state index is 0.333. The normalized spacial score (nSPS) is 24.7. The van der Waals surface area contributed by atoms with Gasteiger partial charge in [-0.1, -0.05) is 12.1 Å². The van der Waals surface area contributed by atoms with Crippen LogP contribution < -0.4 is 5.73 Å². The Morgan fingerprint density at radius 3 is 2.93 bits per heavy atom. The molecule has 0 radical (unpaired) electrons. The Labute approximate surface area is 95.9 Å². The van der Waals surface area contributed by atoms with Crippen LogP contribution in [0, 0.1) is 0 Å². The first-order chi connectivity index (χ1) is 7.19. The van der Waals surface area contributed by atoms with Crippen LogP contribution in [0.4, 0.5) is 0 Å². The van der Waals surface area contributed by atoms with Crippen molar-refractivity contribution in [2.24, 2.45) is 10.9 Å². The molecule has 1 saturated heterocycles. The van der Waals surface area contributed by atoms with Gasteiger partial charge in [-0.3, -0.25) is 4.90 Å². The molecule has 2 atom stereocenters. The van der Waals surface area contributed by atoms with E-state index in [4.69, 9.17) is 10.9 Å². The molecule has 0 aromatic carbocycles. The van der Waals surface area contributed by atoms with E-state index in [1.54, 1.807) is 0 Å². The van der Waals surface area contributed by atoms with Gasteiger partial charge in [-0.15, -0.1) is 0 Å². The molecule has 88 valence electrons. The average Bonchev–Trinajstić information content (AvgIpc) is 2.77. The van der Waals surface area contributed by atoms with Crippen molar-refractivity contribution in [3.05, 3.63) is 0 Å². The molecule has 4 nitrogen and oxygen atoms in total. The molecule has 2 unspecified atom stereocenters. The summed E-state index contributed by atoms with van der Waals surface area (Å²) in [5.41, 5.74) is 5.55. The van der Waals surface area contributed by atoms with Crippen molar-refractivity contribution >= 4 is 17.6 Å². The highest BCUT2D eigenvalue weighted by molar-refractivity contribution is 7.99. The van der Waals surface area contributed by atoms with E-state index in [0.717, 1.165) is 6.42 Å². The molecule has 0 aromatic rings. The number of oxime groups is 1. The largest absolute Gasteiger partial charge is 0.409 e. The standard InChI is InChI=1S/C10H21N3OS/c1-3-8(6-10(11)12-14)13(2)9-4-5-15-7-9/h8-9,14H,3-7H2,1-2H3,(H2,11,12). The fraction of sp³-hybridized carbons (Fsp3) is 0.900. The number of rotatable bonds is 5. The quantitative estimate of drug-likeness (QED) is 0.324. The van der Waals surface area contributed by atoms with Crippen LogP contribution in [0.15, 0.2) is 5.16 Å². The Morgan fingerprint density at radius 2 is 2.47 bits per heavy atom. The summed E-state index contributed by atoms with van der Waals surface area (Å²) in [7, 11) is 2.15. The van der Waals surface area contributed by atoms with Crippen molar-refractivity contribution in [3.63, 3.8) is 0 Å². The number of hydrogen-bond acceptors (Lipinski definition) is 4. The van der Waals surface area contributed by atoms with Gasteiger partial charge in [0, 0.05) is 24.3 Å². The van der Waals surface area contributed by atoms with Crippen LogP contribution >= 0.6 is 11.8 Å². The third-order valence-corrected chi connectivity index (χ3v) is 4.25. The fourth-order valence-electron chi connectivity index (χ4n) is 2.00. The highest BCUT2D eigenvalue weighted by Crippen LogP contribution is 2.24. The molecule has 1 heterocycles. The molecule has 0 spiro atoms. The van der Waals surface area contributed by atoms with Crippen molar-refractivity contribution < 1.29 is 5.21 Å². The lowest BCUT2D eigenvalue weighted by atomic mass is 10.1. The Balaban J connectivity index is 2.48. The second-order valence-electron chi connectivity index (χ2n) is 4.04. The van der Waals surface area contributed by atoms with Crippen molar-refractivity contribution in [2.75, 3.05) is 18.6 Å². The third-order valence-electron chi connectivity index (χ3n) is 3.10. The zero-order valence-electron chi connectivity index (χ0n) is 9.52. The van der Waals surface area contributed by atoms with Gasteiger partial charge in [0.15, 0.2) is 0 Å². The first-order valence-electron chi connectivity index (χ1n) is 5.45. The summed E-state index contributed by atoms with van der Waals surface area (Å²) in [6, 6.07) is 1.05. The number of nitrogens with zero attached hydrogens (tertiary/aromatic N) is 2. The van der Waals surface area contributed by atoms with Gasteiger partial charge in [0.2, 0.25) is 0 Å². The van der Waals surface area contributed by atoms with E-state index < -0.39 is 0 Å². The maximum Gasteiger partial charge on any atom is 0.140 e. The van der Waals surface area contributed by atoms with Crippen molar-refractivity contribution in [1.29, 1.82) is 0 Å². The summed E-state index contributed by atoms with van der Waals surface area (Å²) in [6.07, 6.45) is 2.95. The Kier molecular flexibility index (Phi) is 5.25. The second-order valence-corrected chi connectivity index (χ2v) is 5.19. The highest BCUT2D eigenvalue weighted by atomic mass is 32.2. The smallest absolute Gasteiger partial charge is 0.140 e. The summed E-state index contributed by atoms with van der Waals surface area (Å²) in [6.45, 7) is 2.15. The van der Waals surface area contributed by atoms with Gasteiger partial charge in [-0.25, -0.2) is 0 Å². The minimum Gasteiger partial charge on any atom is -0.409 e. The predicted octanol–water partition coefficient (Wildman–Crippen LogP) is 1.34. The summed E-state index contributed by atoms with van der Waals surface area (Å²) >= 11 is 2.01. The van der Waals surface area contributed by atoms with Crippen LogP contribution in [-0.4, -0.2) is 46.6 Å². The van der Waals surface area contributed by atoms with E-state index in [0.29, 0.717) is 24.3 Å². The van der Waals surface area contributed by atoms with Crippen molar-refractivity contribution in [1.82, 2.24) is 4.90 Å². The van der Waals surface area contributed by atoms with Crippen LogP contribution in [0.2, 0.25) is 0 Å². The molecule has 1 rings (SSSR count). The molecule has 0 amide bonds. The zero-order valence-corrected chi connectivity index (χ0v) is 10.3. The third kappa shape index (κ3) is 3.57. The zero-order chi connectivity index (χ0) is 11.3. The molecular weight excluding hydrogens is 210 g/mol. The Bertz CT molecular complexity index is 217. The number of nitrogens with two attached hydrogens (primary N) is 1. The van der Waals surface area contributed by atoms with Gasteiger partial charge in [0.05, 0.1) is 0 Å². The molecule has 0 bridgehead atoms. The Hall–Kier alpha value is -0.420. The van der Waals surface area contributed by atoms with Gasteiger partial charge >= 0.3 is 0 Å². The van der Waals surface area contributed by atoms with Crippen LogP contribution in [0.3, 0.4) is 0 Å². The van der Waals surface area contributed by atoms with E-state index in [2.05, 4.69) is 24.0 Å². The monoisotopic (exact) mass is 231 g/mol. The molecule has 1 fully saturated rings. The lowest BCUT2D eigenvalue weighted by Gasteiger charge is -2.31. The molecule has 0 saturated carbocycles. The maximum atomic E-state index is 8.57. The number of amidine groups is 1. The first-order valence-corrected chi connectivity index (χ1v) is 6.60. The lowest BCUT2D eigenvalue weighted by molar-refractivity contribution is 0.185. The summed E-state index contributed by atoms with van der Waals surface area (Å²) in [5, 5.41) is 11.6. The molecule has 1 aliphatic heterocycles. The highest BCUT2D eigenvalue weighted by Gasteiger charge is 2.25. The molecule has 0 aliphatic carbocycles. The topological polar surface area (TPSA) is 61.9 Å². The van der Waals surface area contributed by atoms with E-state index in [1.807, 2.05) is 11.8 Å². The molecule has 0 aromatic heterocycles. The van der Waals surface area contributed by atoms with Crippen molar-refractivity contribution in [2.45, 2.75) is 38.3 Å². The van der Waals surface area contributed by atoms with Crippen LogP contribution in [0.25, 0.3) is 0 Å². The number of hydrogen-bond donors (Lipinski definition) is 2.